The number of aryl methyl sites for hydroxylation is 2. The summed E-state index contributed by atoms with van der Waals surface area (Å²) in [6.07, 6.45) is 8.77. The van der Waals surface area contributed by atoms with Gasteiger partial charge in [0.05, 0.1) is 5.56 Å². The van der Waals surface area contributed by atoms with Gasteiger partial charge in [-0.1, -0.05) is 12.1 Å². The Morgan fingerprint density at radius 2 is 1.90 bits per heavy atom. The molecule has 2 aromatic heterocycles. The van der Waals surface area contributed by atoms with E-state index in [9.17, 15) is 4.79 Å². The van der Waals surface area contributed by atoms with Crippen LogP contribution < -0.4 is 10.6 Å². The molecule has 0 radical (unpaired) electrons. The van der Waals surface area contributed by atoms with Gasteiger partial charge in [0.1, 0.15) is 0 Å². The maximum absolute atomic E-state index is 13.0. The van der Waals surface area contributed by atoms with E-state index in [0.717, 1.165) is 40.7 Å². The van der Waals surface area contributed by atoms with E-state index in [4.69, 9.17) is 0 Å². The summed E-state index contributed by atoms with van der Waals surface area (Å²) in [5, 5.41) is 7.43. The minimum atomic E-state index is -0.104. The average molecular weight is 382 g/mol. The van der Waals surface area contributed by atoms with Crippen molar-refractivity contribution in [1.82, 2.24) is 9.97 Å². The van der Waals surface area contributed by atoms with Gasteiger partial charge in [0.15, 0.2) is 0 Å². The van der Waals surface area contributed by atoms with Crippen molar-refractivity contribution in [3.05, 3.63) is 89.4 Å². The Hall–Kier alpha value is -3.60. The van der Waals surface area contributed by atoms with E-state index < -0.39 is 0 Å². The summed E-state index contributed by atoms with van der Waals surface area (Å²) in [5.74, 6) is -0.104. The molecule has 4 aromatic rings. The van der Waals surface area contributed by atoms with Crippen LogP contribution in [0.2, 0.25) is 0 Å². The van der Waals surface area contributed by atoms with Crippen LogP contribution in [0.3, 0.4) is 0 Å². The fourth-order valence-corrected chi connectivity index (χ4v) is 4.06. The lowest BCUT2D eigenvalue weighted by molar-refractivity contribution is 0.102. The topological polar surface area (TPSA) is 69.8 Å². The minimum Gasteiger partial charge on any atom is -0.380 e. The van der Waals surface area contributed by atoms with Gasteiger partial charge in [0, 0.05) is 47.4 Å². The molecule has 5 rings (SSSR count). The molecule has 2 heterocycles. The summed E-state index contributed by atoms with van der Waals surface area (Å²) in [5.41, 5.74) is 7.24. The molecule has 3 N–H and O–H groups in total. The second-order valence-electron chi connectivity index (χ2n) is 7.43. The van der Waals surface area contributed by atoms with Crippen molar-refractivity contribution in [1.29, 1.82) is 0 Å². The van der Waals surface area contributed by atoms with Crippen LogP contribution in [0.15, 0.2) is 67.1 Å². The molecular weight excluding hydrogens is 360 g/mol. The minimum absolute atomic E-state index is 0.104. The summed E-state index contributed by atoms with van der Waals surface area (Å²) < 4.78 is 0. The van der Waals surface area contributed by atoms with E-state index in [-0.39, 0.29) is 5.91 Å². The number of nitrogens with zero attached hydrogens (tertiary/aromatic N) is 1. The van der Waals surface area contributed by atoms with Crippen LogP contribution in [-0.2, 0) is 19.4 Å². The van der Waals surface area contributed by atoms with Crippen molar-refractivity contribution in [2.24, 2.45) is 0 Å². The van der Waals surface area contributed by atoms with Gasteiger partial charge < -0.3 is 15.6 Å². The predicted molar refractivity (Wildman–Crippen MR) is 116 cm³/mol. The summed E-state index contributed by atoms with van der Waals surface area (Å²) in [6.45, 7) is 0.665. The van der Waals surface area contributed by atoms with E-state index in [2.05, 4.69) is 32.7 Å². The van der Waals surface area contributed by atoms with E-state index in [0.29, 0.717) is 12.1 Å². The third-order valence-corrected chi connectivity index (χ3v) is 5.54. The zero-order chi connectivity index (χ0) is 19.6. The first-order chi connectivity index (χ1) is 14.3. The van der Waals surface area contributed by atoms with Gasteiger partial charge in [-0.25, -0.2) is 0 Å². The van der Waals surface area contributed by atoms with Crippen LogP contribution in [0.1, 0.15) is 33.5 Å². The van der Waals surface area contributed by atoms with Crippen LogP contribution in [0, 0.1) is 0 Å². The summed E-state index contributed by atoms with van der Waals surface area (Å²) in [6, 6.07) is 16.2. The number of hydrogen-bond donors (Lipinski definition) is 3. The number of aromatic nitrogens is 2. The van der Waals surface area contributed by atoms with Crippen molar-refractivity contribution in [2.45, 2.75) is 25.8 Å². The van der Waals surface area contributed by atoms with Crippen LogP contribution in [0.5, 0.6) is 0 Å². The number of amides is 1. The molecule has 144 valence electrons. The predicted octanol–water partition coefficient (Wildman–Crippen LogP) is 4.92. The molecule has 1 aliphatic rings. The number of fused-ring (bicyclic) bond motifs is 2. The molecule has 0 fully saturated rings. The van der Waals surface area contributed by atoms with Crippen LogP contribution in [0.4, 0.5) is 11.4 Å². The molecule has 0 bridgehead atoms. The fraction of sp³-hybridized carbons (Fsp3) is 0.167. The standard InChI is InChI=1S/C24H22N4O/c29-24(28-19-8-7-17-3-1-4-18(17)13-19)20-15-27-22-6-2-5-21(23(20)22)26-14-16-9-11-25-12-10-16/h2,5-13,15,26-27H,1,3-4,14H2,(H,28,29). The number of benzene rings is 2. The van der Waals surface area contributed by atoms with Crippen LogP contribution in [-0.4, -0.2) is 15.9 Å². The fourth-order valence-electron chi connectivity index (χ4n) is 4.06. The van der Waals surface area contributed by atoms with Gasteiger partial charge in [0.25, 0.3) is 5.91 Å². The van der Waals surface area contributed by atoms with Gasteiger partial charge >= 0.3 is 0 Å². The lowest BCUT2D eigenvalue weighted by Gasteiger charge is -2.11. The molecule has 2 aromatic carbocycles. The first-order valence-corrected chi connectivity index (χ1v) is 9.94. The lowest BCUT2D eigenvalue weighted by Crippen LogP contribution is -2.12. The number of hydrogen-bond acceptors (Lipinski definition) is 3. The Labute approximate surface area is 169 Å². The van der Waals surface area contributed by atoms with Crippen molar-refractivity contribution in [2.75, 3.05) is 10.6 Å². The van der Waals surface area contributed by atoms with Gasteiger partial charge in [0.2, 0.25) is 0 Å². The smallest absolute Gasteiger partial charge is 0.257 e. The number of rotatable bonds is 5. The monoisotopic (exact) mass is 382 g/mol. The Kier molecular flexibility index (Phi) is 4.48. The molecule has 1 aliphatic carbocycles. The highest BCUT2D eigenvalue weighted by molar-refractivity contribution is 6.15. The zero-order valence-electron chi connectivity index (χ0n) is 16.0. The quantitative estimate of drug-likeness (QED) is 0.459. The maximum Gasteiger partial charge on any atom is 0.257 e. The molecule has 29 heavy (non-hydrogen) atoms. The van der Waals surface area contributed by atoms with Crippen molar-refractivity contribution in [3.63, 3.8) is 0 Å². The first-order valence-electron chi connectivity index (χ1n) is 9.94. The summed E-state index contributed by atoms with van der Waals surface area (Å²) >= 11 is 0. The molecule has 1 amide bonds. The Bertz CT molecular complexity index is 1180. The van der Waals surface area contributed by atoms with Crippen LogP contribution in [0.25, 0.3) is 10.9 Å². The molecule has 5 heteroatoms. The largest absolute Gasteiger partial charge is 0.380 e. The number of pyridine rings is 1. The van der Waals surface area contributed by atoms with E-state index in [1.54, 1.807) is 18.6 Å². The number of anilines is 2. The van der Waals surface area contributed by atoms with Gasteiger partial charge in [-0.2, -0.15) is 0 Å². The maximum atomic E-state index is 13.0. The average Bonchev–Trinajstić information content (AvgIpc) is 3.40. The van der Waals surface area contributed by atoms with Crippen molar-refractivity contribution >= 4 is 28.2 Å². The molecular formula is C24H22N4O. The third kappa shape index (κ3) is 3.47. The Morgan fingerprint density at radius 3 is 2.79 bits per heavy atom. The molecule has 0 saturated carbocycles. The number of nitrogens with one attached hydrogen (secondary N) is 3. The second-order valence-corrected chi connectivity index (χ2v) is 7.43. The Morgan fingerprint density at radius 1 is 1.03 bits per heavy atom. The zero-order valence-corrected chi connectivity index (χ0v) is 16.0. The first kappa shape index (κ1) is 17.5. The highest BCUT2D eigenvalue weighted by atomic mass is 16.1. The number of carbonyl (C=O) groups is 1. The number of aromatic amines is 1. The van der Waals surface area contributed by atoms with Gasteiger partial charge in [-0.05, 0) is 72.4 Å². The van der Waals surface area contributed by atoms with Crippen LogP contribution >= 0.6 is 0 Å². The molecule has 5 nitrogen and oxygen atoms in total. The highest BCUT2D eigenvalue weighted by Crippen LogP contribution is 2.29. The molecule has 0 saturated heterocycles. The summed E-state index contributed by atoms with van der Waals surface area (Å²) in [7, 11) is 0. The van der Waals surface area contributed by atoms with Gasteiger partial charge in [-0.15, -0.1) is 0 Å². The number of carbonyl (C=O) groups excluding carboxylic acids is 1. The van der Waals surface area contributed by atoms with Crippen molar-refractivity contribution < 1.29 is 4.79 Å². The third-order valence-electron chi connectivity index (χ3n) is 5.54. The second kappa shape index (κ2) is 7.43. The van der Waals surface area contributed by atoms with Gasteiger partial charge in [-0.3, -0.25) is 9.78 Å². The molecule has 0 aliphatic heterocycles. The summed E-state index contributed by atoms with van der Waals surface area (Å²) in [4.78, 5) is 20.3. The lowest BCUT2D eigenvalue weighted by atomic mass is 10.1. The molecule has 0 spiro atoms. The normalized spacial score (nSPS) is 12.7. The Balaban J connectivity index is 1.41. The molecule has 0 atom stereocenters. The molecule has 0 unspecified atom stereocenters. The van der Waals surface area contributed by atoms with E-state index in [1.165, 1.54) is 17.5 Å². The number of H-pyrrole nitrogens is 1. The SMILES string of the molecule is O=C(Nc1ccc2c(c1)CCC2)c1c[nH]c2cccc(NCc3ccncc3)c12. The van der Waals surface area contributed by atoms with Crippen molar-refractivity contribution in [3.8, 4) is 0 Å². The van der Waals surface area contributed by atoms with E-state index >= 15 is 0 Å². The van der Waals surface area contributed by atoms with E-state index in [1.807, 2.05) is 36.4 Å². The highest BCUT2D eigenvalue weighted by Gasteiger charge is 2.17.